The number of hydrogen-bond donors (Lipinski definition) is 4. The SMILES string of the molecule is CCCOc1c2cc(I)cc1Cc1cc(C(=O)NC34CC5CC(CC(C5)C3)C4)cc(c1OCCOCCO)Cc1cc(I)cc(c1OCCC)Cc1cc(C(=O)NC34CC5CC(CC(C5)C3)C4)cc(c1O)C2. The van der Waals surface area contributed by atoms with Gasteiger partial charge in [0, 0.05) is 55.0 Å². The second kappa shape index (κ2) is 21.2. The number of fused-ring (bicyclic) bond motifs is 8. The molecule has 13 rings (SSSR count). The van der Waals surface area contributed by atoms with Crippen molar-refractivity contribution < 1.29 is 38.7 Å². The molecule has 4 N–H and O–H groups in total. The summed E-state index contributed by atoms with van der Waals surface area (Å²) in [5, 5.41) is 29.4. The van der Waals surface area contributed by atoms with Crippen LogP contribution in [0, 0.1) is 42.6 Å². The van der Waals surface area contributed by atoms with Crippen molar-refractivity contribution in [1.29, 1.82) is 0 Å². The van der Waals surface area contributed by atoms with Crippen LogP contribution in [0.15, 0.2) is 48.5 Å². The third-order valence-corrected chi connectivity index (χ3v) is 18.7. The maximum atomic E-state index is 15.0. The van der Waals surface area contributed by atoms with Crippen molar-refractivity contribution in [1.82, 2.24) is 10.6 Å². The van der Waals surface area contributed by atoms with E-state index in [2.05, 4.69) is 93.9 Å². The van der Waals surface area contributed by atoms with Gasteiger partial charge in [-0.15, -0.1) is 0 Å². The van der Waals surface area contributed by atoms with Gasteiger partial charge < -0.3 is 39.8 Å². The Balaban J connectivity index is 1.06. The van der Waals surface area contributed by atoms with Crippen molar-refractivity contribution in [2.45, 2.75) is 141 Å². The Hall–Kier alpha value is -3.60. The predicted octanol–water partition coefficient (Wildman–Crippen LogP) is 11.6. The van der Waals surface area contributed by atoms with Gasteiger partial charge in [-0.25, -0.2) is 0 Å². The summed E-state index contributed by atoms with van der Waals surface area (Å²) in [6.07, 6.45) is 17.1. The molecular weight excluding hydrogens is 1130 g/mol. The number of amides is 2. The molecule has 9 aliphatic rings. The average Bonchev–Trinajstić information content (AvgIpc) is 3.31. The highest BCUT2D eigenvalue weighted by atomic mass is 127. The fourth-order valence-electron chi connectivity index (χ4n) is 15.6. The number of phenolic OH excluding ortho intramolecular Hbond substituents is 1. The number of benzene rings is 4. The standard InChI is InChI=1S/C60H72I2N2O8/c1-3-6-70-55-45-17-41-19-49(57(67)63-59-29-35-11-36(30-59)13-37(12-35)31-59)20-42(53(41)66)18-46-26-52(62)28-48(56(46)71-7-4-2)22-44-24-50(58(68)64-60-32-38-14-39(33-60)16-40(15-38)34-60)23-43(21-47(55)27-51(61)25-45)54(44)72-10-9-69-8-5-65/h19-20,23-28,35-40,65-66H,3-18,21-22,29-34H2,1-2H3,(H,63,67)(H,64,68). The van der Waals surface area contributed by atoms with Crippen molar-refractivity contribution in [3.05, 3.63) is 111 Å². The number of aliphatic hydroxyl groups is 1. The second-order valence-corrected chi connectivity index (χ2v) is 25.8. The zero-order chi connectivity index (χ0) is 49.7. The van der Waals surface area contributed by atoms with E-state index in [1.165, 1.54) is 38.5 Å². The molecule has 2 amide bonds. The third-order valence-electron chi connectivity index (χ3n) is 17.4. The monoisotopic (exact) mass is 1200 g/mol. The molecule has 0 aliphatic heterocycles. The molecule has 8 fully saturated rings. The van der Waals surface area contributed by atoms with Crippen molar-refractivity contribution in [2.24, 2.45) is 35.5 Å². The van der Waals surface area contributed by atoms with E-state index in [1.807, 2.05) is 24.3 Å². The number of aromatic hydroxyl groups is 1. The molecule has 0 unspecified atom stereocenters. The van der Waals surface area contributed by atoms with Crippen molar-refractivity contribution in [3.63, 3.8) is 0 Å². The quantitative estimate of drug-likeness (QED) is 0.0567. The summed E-state index contributed by atoms with van der Waals surface area (Å²) in [6.45, 7) is 5.86. The van der Waals surface area contributed by atoms with Gasteiger partial charge in [-0.2, -0.15) is 0 Å². The smallest absolute Gasteiger partial charge is 0.251 e. The fraction of sp³-hybridized carbons (Fsp3) is 0.567. The summed E-state index contributed by atoms with van der Waals surface area (Å²) in [5.74, 6) is 6.36. The Morgan fingerprint density at radius 1 is 0.500 bits per heavy atom. The lowest BCUT2D eigenvalue weighted by Gasteiger charge is -2.56. The molecular formula is C60H72I2N2O8. The summed E-state index contributed by atoms with van der Waals surface area (Å²) in [4.78, 5) is 29.9. The zero-order valence-electron chi connectivity index (χ0n) is 42.2. The molecule has 16 bridgehead atoms. The predicted molar refractivity (Wildman–Crippen MR) is 296 cm³/mol. The number of phenols is 1. The summed E-state index contributed by atoms with van der Waals surface area (Å²) >= 11 is 4.76. The molecule has 0 heterocycles. The highest BCUT2D eigenvalue weighted by Gasteiger charge is 2.53. The minimum atomic E-state index is -0.173. The first-order valence-corrected chi connectivity index (χ1v) is 29.4. The van der Waals surface area contributed by atoms with Crippen LogP contribution < -0.4 is 24.8 Å². The van der Waals surface area contributed by atoms with Crippen LogP contribution in [0.1, 0.15) is 169 Å². The van der Waals surface area contributed by atoms with Crippen molar-refractivity contribution in [3.8, 4) is 23.0 Å². The maximum absolute atomic E-state index is 15.0. The van der Waals surface area contributed by atoms with Crippen LogP contribution in [-0.4, -0.2) is 72.7 Å². The van der Waals surface area contributed by atoms with Gasteiger partial charge in [0.25, 0.3) is 11.8 Å². The highest BCUT2D eigenvalue weighted by Crippen LogP contribution is 2.57. The fourth-order valence-corrected chi connectivity index (χ4v) is 17.1. The Kier molecular flexibility index (Phi) is 14.9. The molecule has 72 heavy (non-hydrogen) atoms. The molecule has 0 radical (unpaired) electrons. The molecule has 10 nitrogen and oxygen atoms in total. The summed E-state index contributed by atoms with van der Waals surface area (Å²) in [7, 11) is 0. The molecule has 12 heteroatoms. The molecule has 384 valence electrons. The lowest BCUT2D eigenvalue weighted by atomic mass is 9.53. The minimum Gasteiger partial charge on any atom is -0.507 e. The second-order valence-electron chi connectivity index (χ2n) is 23.3. The maximum Gasteiger partial charge on any atom is 0.251 e. The largest absolute Gasteiger partial charge is 0.507 e. The number of aliphatic hydroxyl groups excluding tert-OH is 1. The van der Waals surface area contributed by atoms with Gasteiger partial charge in [0.15, 0.2) is 0 Å². The van der Waals surface area contributed by atoms with Gasteiger partial charge in [0.05, 0.1) is 33.0 Å². The molecule has 4 aromatic rings. The highest BCUT2D eigenvalue weighted by molar-refractivity contribution is 14.1. The Labute approximate surface area is 453 Å². The Bertz CT molecular complexity index is 2540. The van der Waals surface area contributed by atoms with Gasteiger partial charge in [-0.3, -0.25) is 9.59 Å². The zero-order valence-corrected chi connectivity index (χ0v) is 46.5. The van der Waals surface area contributed by atoms with Gasteiger partial charge in [-0.05, 0) is 264 Å². The Morgan fingerprint density at radius 2 is 0.819 bits per heavy atom. The molecule has 0 spiro atoms. The number of halogens is 2. The van der Waals surface area contributed by atoms with E-state index < -0.39 is 0 Å². The van der Waals surface area contributed by atoms with Gasteiger partial charge >= 0.3 is 0 Å². The molecule has 0 aromatic heterocycles. The first-order valence-electron chi connectivity index (χ1n) is 27.2. The van der Waals surface area contributed by atoms with E-state index in [0.29, 0.717) is 102 Å². The number of nitrogens with one attached hydrogen (secondary N) is 2. The normalized spacial score (nSPS) is 27.4. The third kappa shape index (κ3) is 10.6. The Morgan fingerprint density at radius 3 is 1.17 bits per heavy atom. The van der Waals surface area contributed by atoms with Crippen molar-refractivity contribution in [2.75, 3.05) is 39.6 Å². The topological polar surface area (TPSA) is 136 Å². The summed E-state index contributed by atoms with van der Waals surface area (Å²) < 4.78 is 28.2. The lowest BCUT2D eigenvalue weighted by molar-refractivity contribution is -0.0171. The van der Waals surface area contributed by atoms with Gasteiger partial charge in [0.1, 0.15) is 29.6 Å². The van der Waals surface area contributed by atoms with Crippen LogP contribution >= 0.6 is 45.2 Å². The van der Waals surface area contributed by atoms with Crippen LogP contribution in [0.4, 0.5) is 0 Å². The number of carbonyl (C=O) groups is 2. The number of carbonyl (C=O) groups excluding carboxylic acids is 2. The van der Waals surface area contributed by atoms with E-state index in [9.17, 15) is 15.0 Å². The van der Waals surface area contributed by atoms with Crippen LogP contribution in [-0.2, 0) is 30.4 Å². The van der Waals surface area contributed by atoms with Crippen LogP contribution in [0.2, 0.25) is 0 Å². The molecule has 9 aliphatic carbocycles. The first-order chi connectivity index (χ1) is 34.9. The van der Waals surface area contributed by atoms with Gasteiger partial charge in [-0.1, -0.05) is 13.8 Å². The van der Waals surface area contributed by atoms with Crippen LogP contribution in [0.25, 0.3) is 0 Å². The summed E-state index contributed by atoms with van der Waals surface area (Å²) in [5.41, 5.74) is 7.62. The van der Waals surface area contributed by atoms with Crippen LogP contribution in [0.5, 0.6) is 23.0 Å². The molecule has 8 saturated carbocycles. The molecule has 4 aromatic carbocycles. The molecule has 0 saturated heterocycles. The minimum absolute atomic E-state index is 0.0414. The number of hydrogen-bond acceptors (Lipinski definition) is 8. The van der Waals surface area contributed by atoms with E-state index in [4.69, 9.17) is 18.9 Å². The van der Waals surface area contributed by atoms with E-state index in [-0.39, 0.29) is 55.1 Å². The number of ether oxygens (including phenoxy) is 4. The van der Waals surface area contributed by atoms with Crippen molar-refractivity contribution >= 4 is 57.0 Å². The van der Waals surface area contributed by atoms with E-state index >= 15 is 4.79 Å². The summed E-state index contributed by atoms with van der Waals surface area (Å²) in [6, 6.07) is 16.5. The van der Waals surface area contributed by atoms with E-state index in [0.717, 1.165) is 103 Å². The van der Waals surface area contributed by atoms with E-state index in [1.54, 1.807) is 0 Å². The number of rotatable bonds is 16. The van der Waals surface area contributed by atoms with Gasteiger partial charge in [0.2, 0.25) is 0 Å². The van der Waals surface area contributed by atoms with Crippen LogP contribution in [0.3, 0.4) is 0 Å². The first kappa shape index (κ1) is 50.6. The molecule has 0 atom stereocenters. The average molecular weight is 1200 g/mol. The lowest BCUT2D eigenvalue weighted by Crippen LogP contribution is -2.59.